The largest absolute Gasteiger partial charge is 0.497 e. The third-order valence-corrected chi connectivity index (χ3v) is 6.74. The molecule has 2 aliphatic rings. The number of ether oxygens (including phenoxy) is 6. The molecule has 0 amide bonds. The lowest BCUT2D eigenvalue weighted by molar-refractivity contribution is 0.0482. The number of carbonyl (C=O) groups excluding carboxylic acids is 1. The van der Waals surface area contributed by atoms with Crippen LogP contribution in [0.15, 0.2) is 72.8 Å². The van der Waals surface area contributed by atoms with Crippen molar-refractivity contribution in [1.29, 1.82) is 0 Å². The number of ketones is 1. The van der Waals surface area contributed by atoms with Gasteiger partial charge in [-0.3, -0.25) is 4.79 Å². The van der Waals surface area contributed by atoms with E-state index in [1.807, 2.05) is 74.5 Å². The van der Waals surface area contributed by atoms with Gasteiger partial charge in [-0.15, -0.1) is 0 Å². The van der Waals surface area contributed by atoms with E-state index in [0.29, 0.717) is 45.6 Å². The van der Waals surface area contributed by atoms with Crippen LogP contribution in [0.5, 0.6) is 34.5 Å². The van der Waals surface area contributed by atoms with E-state index in [1.54, 1.807) is 26.4 Å². The van der Waals surface area contributed by atoms with Gasteiger partial charge in [0, 0.05) is 22.3 Å². The van der Waals surface area contributed by atoms with E-state index in [4.69, 9.17) is 28.4 Å². The predicted octanol–water partition coefficient (Wildman–Crippen LogP) is 6.49. The molecule has 4 aromatic rings. The standard InChI is InChI=1S/C31H26O7/c1-17-11-25-27(37-30(35-25)19-7-5-9-21(13-19)33-3)15-23(17)29(32)24-16-28-26(12-18(24)2)36-31(38-28)20-8-6-10-22(14-20)34-4/h5-16,30-31H,1-4H3. The highest BCUT2D eigenvalue weighted by Gasteiger charge is 2.31. The first-order chi connectivity index (χ1) is 18.4. The minimum Gasteiger partial charge on any atom is -0.497 e. The summed E-state index contributed by atoms with van der Waals surface area (Å²) in [5.74, 6) is 3.51. The summed E-state index contributed by atoms with van der Waals surface area (Å²) in [6.07, 6.45) is -1.24. The summed E-state index contributed by atoms with van der Waals surface area (Å²) >= 11 is 0. The summed E-state index contributed by atoms with van der Waals surface area (Å²) in [7, 11) is 3.23. The zero-order valence-electron chi connectivity index (χ0n) is 21.4. The molecule has 0 bridgehead atoms. The van der Waals surface area contributed by atoms with Crippen molar-refractivity contribution in [3.05, 3.63) is 106 Å². The van der Waals surface area contributed by atoms with Gasteiger partial charge in [-0.1, -0.05) is 24.3 Å². The van der Waals surface area contributed by atoms with Crippen LogP contribution in [0.3, 0.4) is 0 Å². The smallest absolute Gasteiger partial charge is 0.268 e. The second-order valence-corrected chi connectivity index (χ2v) is 9.25. The van der Waals surface area contributed by atoms with E-state index < -0.39 is 12.6 Å². The van der Waals surface area contributed by atoms with Gasteiger partial charge in [0.05, 0.1) is 14.2 Å². The number of fused-ring (bicyclic) bond motifs is 2. The van der Waals surface area contributed by atoms with Crippen LogP contribution in [-0.4, -0.2) is 20.0 Å². The highest BCUT2D eigenvalue weighted by atomic mass is 16.7. The van der Waals surface area contributed by atoms with Crippen LogP contribution in [0.25, 0.3) is 0 Å². The van der Waals surface area contributed by atoms with E-state index in [1.165, 1.54) is 0 Å². The molecule has 0 aliphatic carbocycles. The lowest BCUT2D eigenvalue weighted by Crippen LogP contribution is -2.08. The van der Waals surface area contributed by atoms with Gasteiger partial charge in [-0.2, -0.15) is 0 Å². The van der Waals surface area contributed by atoms with Gasteiger partial charge < -0.3 is 28.4 Å². The number of hydrogen-bond donors (Lipinski definition) is 0. The molecule has 7 heteroatoms. The molecule has 7 nitrogen and oxygen atoms in total. The Morgan fingerprint density at radius 1 is 0.605 bits per heavy atom. The molecule has 2 unspecified atom stereocenters. The fraction of sp³-hybridized carbons (Fsp3) is 0.194. The van der Waals surface area contributed by atoms with Crippen LogP contribution in [0.2, 0.25) is 0 Å². The number of hydrogen-bond acceptors (Lipinski definition) is 7. The van der Waals surface area contributed by atoms with E-state index in [0.717, 1.165) is 22.3 Å². The Kier molecular flexibility index (Phi) is 5.83. The quantitative estimate of drug-likeness (QED) is 0.275. The Morgan fingerprint density at radius 2 is 1.00 bits per heavy atom. The summed E-state index contributed by atoms with van der Waals surface area (Å²) < 4.78 is 34.8. The number of aryl methyl sites for hydroxylation is 2. The van der Waals surface area contributed by atoms with E-state index in [2.05, 4.69) is 0 Å². The predicted molar refractivity (Wildman–Crippen MR) is 140 cm³/mol. The van der Waals surface area contributed by atoms with Gasteiger partial charge in [0.25, 0.3) is 12.6 Å². The number of benzene rings is 4. The third-order valence-electron chi connectivity index (χ3n) is 6.74. The van der Waals surface area contributed by atoms with Crippen molar-refractivity contribution < 1.29 is 33.2 Å². The lowest BCUT2D eigenvalue weighted by Gasteiger charge is -2.11. The molecule has 4 aromatic carbocycles. The van der Waals surface area contributed by atoms with E-state index in [9.17, 15) is 4.79 Å². The molecule has 0 saturated heterocycles. The molecule has 0 saturated carbocycles. The second kappa shape index (κ2) is 9.34. The molecule has 2 atom stereocenters. The molecule has 2 aliphatic heterocycles. The van der Waals surface area contributed by atoms with E-state index >= 15 is 0 Å². The minimum atomic E-state index is -0.620. The highest BCUT2D eigenvalue weighted by Crippen LogP contribution is 2.45. The van der Waals surface area contributed by atoms with Crippen molar-refractivity contribution in [1.82, 2.24) is 0 Å². The SMILES string of the molecule is COc1cccc(C2Oc3cc(C)c(C(=O)c4cc5c(cc4C)OC(c4cccc(OC)c4)O5)cc3O2)c1. The summed E-state index contributed by atoms with van der Waals surface area (Å²) in [5.41, 5.74) is 4.28. The summed E-state index contributed by atoms with van der Waals surface area (Å²) in [6, 6.07) is 22.2. The molecular weight excluding hydrogens is 484 g/mol. The van der Waals surface area contributed by atoms with Crippen LogP contribution in [0, 0.1) is 13.8 Å². The van der Waals surface area contributed by atoms with Gasteiger partial charge >= 0.3 is 0 Å². The summed E-state index contributed by atoms with van der Waals surface area (Å²) in [4.78, 5) is 13.7. The first-order valence-corrected chi connectivity index (χ1v) is 12.2. The van der Waals surface area contributed by atoms with Crippen molar-refractivity contribution in [2.45, 2.75) is 26.4 Å². The minimum absolute atomic E-state index is 0.132. The molecule has 0 N–H and O–H groups in total. The average Bonchev–Trinajstić information content (AvgIpc) is 3.55. The van der Waals surface area contributed by atoms with Crippen LogP contribution in [0.1, 0.15) is 50.8 Å². The Morgan fingerprint density at radius 3 is 1.39 bits per heavy atom. The van der Waals surface area contributed by atoms with Crippen molar-refractivity contribution in [3.63, 3.8) is 0 Å². The number of methoxy groups -OCH3 is 2. The van der Waals surface area contributed by atoms with Crippen molar-refractivity contribution in [2.75, 3.05) is 14.2 Å². The zero-order chi connectivity index (χ0) is 26.4. The molecule has 2 heterocycles. The maximum atomic E-state index is 13.7. The Labute approximate surface area is 220 Å². The van der Waals surface area contributed by atoms with Gasteiger partial charge in [0.1, 0.15) is 11.5 Å². The van der Waals surface area contributed by atoms with Gasteiger partial charge in [0.15, 0.2) is 28.8 Å². The first kappa shape index (κ1) is 23.7. The van der Waals surface area contributed by atoms with Crippen LogP contribution < -0.4 is 28.4 Å². The third kappa shape index (κ3) is 4.16. The molecule has 6 rings (SSSR count). The number of carbonyl (C=O) groups is 1. The monoisotopic (exact) mass is 510 g/mol. The highest BCUT2D eigenvalue weighted by molar-refractivity contribution is 6.11. The Bertz CT molecular complexity index is 1440. The molecule has 0 radical (unpaired) electrons. The fourth-order valence-electron chi connectivity index (χ4n) is 4.68. The second-order valence-electron chi connectivity index (χ2n) is 9.25. The Hall–Kier alpha value is -4.65. The van der Waals surface area contributed by atoms with Crippen molar-refractivity contribution in [2.24, 2.45) is 0 Å². The van der Waals surface area contributed by atoms with Crippen LogP contribution in [-0.2, 0) is 0 Å². The molecule has 38 heavy (non-hydrogen) atoms. The van der Waals surface area contributed by atoms with Crippen LogP contribution >= 0.6 is 0 Å². The topological polar surface area (TPSA) is 72.5 Å². The maximum Gasteiger partial charge on any atom is 0.268 e. The van der Waals surface area contributed by atoms with Crippen LogP contribution in [0.4, 0.5) is 0 Å². The molecular formula is C31H26O7. The molecule has 192 valence electrons. The molecule has 0 aromatic heterocycles. The zero-order valence-corrected chi connectivity index (χ0v) is 21.4. The number of rotatable bonds is 6. The van der Waals surface area contributed by atoms with Crippen molar-refractivity contribution >= 4 is 5.78 Å². The summed E-state index contributed by atoms with van der Waals surface area (Å²) in [5, 5.41) is 0. The first-order valence-electron chi connectivity index (χ1n) is 12.2. The van der Waals surface area contributed by atoms with Gasteiger partial charge in [0.2, 0.25) is 0 Å². The van der Waals surface area contributed by atoms with Gasteiger partial charge in [-0.05, 0) is 73.5 Å². The molecule has 0 fully saturated rings. The summed E-state index contributed by atoms with van der Waals surface area (Å²) in [6.45, 7) is 3.77. The maximum absolute atomic E-state index is 13.7. The fourth-order valence-corrected chi connectivity index (χ4v) is 4.68. The Balaban J connectivity index is 1.26. The van der Waals surface area contributed by atoms with E-state index in [-0.39, 0.29) is 5.78 Å². The molecule has 0 spiro atoms. The normalized spacial score (nSPS) is 16.8. The van der Waals surface area contributed by atoms with Gasteiger partial charge in [-0.25, -0.2) is 0 Å². The lowest BCUT2D eigenvalue weighted by atomic mass is 9.95. The van der Waals surface area contributed by atoms with Crippen molar-refractivity contribution in [3.8, 4) is 34.5 Å². The average molecular weight is 511 g/mol.